The van der Waals surface area contributed by atoms with Crippen LogP contribution in [0.3, 0.4) is 0 Å². The summed E-state index contributed by atoms with van der Waals surface area (Å²) in [6.07, 6.45) is 2.65. The summed E-state index contributed by atoms with van der Waals surface area (Å²) in [7, 11) is 0. The number of amides is 2. The topological polar surface area (TPSA) is 61.9 Å². The van der Waals surface area contributed by atoms with Crippen molar-refractivity contribution < 1.29 is 14.3 Å². The van der Waals surface area contributed by atoms with Gasteiger partial charge in [0.05, 0.1) is 18.1 Å². The van der Waals surface area contributed by atoms with Crippen molar-refractivity contribution in [2.75, 3.05) is 36.1 Å². The van der Waals surface area contributed by atoms with Crippen LogP contribution in [0.25, 0.3) is 0 Å². The molecule has 170 valence electrons. The Morgan fingerprint density at radius 1 is 1.06 bits per heavy atom. The van der Waals surface area contributed by atoms with Gasteiger partial charge in [0.1, 0.15) is 0 Å². The fraction of sp³-hybridized carbons (Fsp3) is 0.440. The summed E-state index contributed by atoms with van der Waals surface area (Å²) in [6, 6.07) is 15.8. The zero-order chi connectivity index (χ0) is 22.7. The second kappa shape index (κ2) is 10.1. The van der Waals surface area contributed by atoms with E-state index >= 15 is 0 Å². The first kappa shape index (κ1) is 22.8. The van der Waals surface area contributed by atoms with Gasteiger partial charge >= 0.3 is 0 Å². The van der Waals surface area contributed by atoms with Gasteiger partial charge in [-0.3, -0.25) is 14.5 Å². The van der Waals surface area contributed by atoms with Crippen LogP contribution in [0.2, 0.25) is 0 Å². The van der Waals surface area contributed by atoms with Crippen LogP contribution in [0.4, 0.5) is 11.4 Å². The number of nitrogens with zero attached hydrogens (tertiary/aromatic N) is 2. The molecule has 0 spiro atoms. The first-order valence-electron chi connectivity index (χ1n) is 11.1. The number of carbonyl (C=O) groups excluding carboxylic acids is 2. The van der Waals surface area contributed by atoms with Crippen LogP contribution in [0, 0.1) is 5.92 Å². The molecule has 0 radical (unpaired) electrons. The van der Waals surface area contributed by atoms with Gasteiger partial charge in [0.15, 0.2) is 0 Å². The second-order valence-electron chi connectivity index (χ2n) is 8.70. The standard InChI is InChI=1S/C25H31N3O3S/c1-17-13-27(14-18(2)31-17)15-19-6-4-5-7-23(19)26-25(30)20-12-24(29)28(16-20)21-8-10-22(32-3)11-9-21/h4-11,17-18,20H,12-16H2,1-3H3,(H,26,30). The molecule has 2 aromatic carbocycles. The minimum atomic E-state index is -0.362. The van der Waals surface area contributed by atoms with E-state index < -0.39 is 0 Å². The van der Waals surface area contributed by atoms with Crippen LogP contribution in [0.1, 0.15) is 25.8 Å². The fourth-order valence-corrected chi connectivity index (χ4v) is 4.97. The maximum Gasteiger partial charge on any atom is 0.229 e. The van der Waals surface area contributed by atoms with E-state index in [1.165, 1.54) is 0 Å². The third-order valence-electron chi connectivity index (χ3n) is 6.04. The number of hydrogen-bond donors (Lipinski definition) is 1. The average Bonchev–Trinajstić information content (AvgIpc) is 3.16. The zero-order valence-electron chi connectivity index (χ0n) is 18.9. The molecule has 4 rings (SSSR count). The number of thioether (sulfide) groups is 1. The minimum absolute atomic E-state index is 0.00775. The van der Waals surface area contributed by atoms with Crippen molar-refractivity contribution in [3.63, 3.8) is 0 Å². The summed E-state index contributed by atoms with van der Waals surface area (Å²) in [6.45, 7) is 7.08. The highest BCUT2D eigenvalue weighted by molar-refractivity contribution is 7.98. The summed E-state index contributed by atoms with van der Waals surface area (Å²) < 4.78 is 5.84. The molecule has 2 fully saturated rings. The number of nitrogens with one attached hydrogen (secondary N) is 1. The molecule has 0 bridgehead atoms. The van der Waals surface area contributed by atoms with Gasteiger partial charge in [0.2, 0.25) is 11.8 Å². The Kier molecular flexibility index (Phi) is 7.18. The highest BCUT2D eigenvalue weighted by Gasteiger charge is 2.35. The van der Waals surface area contributed by atoms with Crippen LogP contribution in [0.5, 0.6) is 0 Å². The molecule has 2 aromatic rings. The van der Waals surface area contributed by atoms with Gasteiger partial charge in [-0.25, -0.2) is 0 Å². The van der Waals surface area contributed by atoms with Crippen molar-refractivity contribution in [2.45, 2.75) is 43.9 Å². The number of anilines is 2. The monoisotopic (exact) mass is 453 g/mol. The van der Waals surface area contributed by atoms with Crippen LogP contribution < -0.4 is 10.2 Å². The molecule has 32 heavy (non-hydrogen) atoms. The fourth-order valence-electron chi connectivity index (χ4n) is 4.56. The normalized spacial score (nSPS) is 24.0. The number of ether oxygens (including phenoxy) is 1. The van der Waals surface area contributed by atoms with E-state index in [0.29, 0.717) is 6.54 Å². The predicted octanol–water partition coefficient (Wildman–Crippen LogP) is 4.01. The van der Waals surface area contributed by atoms with E-state index in [9.17, 15) is 9.59 Å². The van der Waals surface area contributed by atoms with Crippen molar-refractivity contribution in [3.8, 4) is 0 Å². The van der Waals surface area contributed by atoms with Gasteiger partial charge in [-0.15, -0.1) is 11.8 Å². The number of morpholine rings is 1. The predicted molar refractivity (Wildman–Crippen MR) is 129 cm³/mol. The molecule has 2 heterocycles. The molecule has 3 atom stereocenters. The van der Waals surface area contributed by atoms with Crippen molar-refractivity contribution >= 4 is 35.0 Å². The Labute approximate surface area is 194 Å². The minimum Gasteiger partial charge on any atom is -0.373 e. The third kappa shape index (κ3) is 5.34. The smallest absolute Gasteiger partial charge is 0.229 e. The van der Waals surface area contributed by atoms with Crippen molar-refractivity contribution in [3.05, 3.63) is 54.1 Å². The summed E-state index contributed by atoms with van der Waals surface area (Å²) in [4.78, 5) is 30.9. The highest BCUT2D eigenvalue weighted by Crippen LogP contribution is 2.28. The molecule has 1 N–H and O–H groups in total. The van der Waals surface area contributed by atoms with Gasteiger partial charge in [-0.05, 0) is 56.0 Å². The highest BCUT2D eigenvalue weighted by atomic mass is 32.2. The second-order valence-corrected chi connectivity index (χ2v) is 9.58. The third-order valence-corrected chi connectivity index (χ3v) is 6.79. The molecule has 2 aliphatic rings. The lowest BCUT2D eigenvalue weighted by atomic mass is 10.1. The molecule has 7 heteroatoms. The van der Waals surface area contributed by atoms with Gasteiger partial charge < -0.3 is 15.0 Å². The Balaban J connectivity index is 1.41. The molecule has 2 amide bonds. The van der Waals surface area contributed by atoms with E-state index in [1.54, 1.807) is 16.7 Å². The van der Waals surface area contributed by atoms with Crippen molar-refractivity contribution in [1.82, 2.24) is 4.90 Å². The van der Waals surface area contributed by atoms with Crippen LogP contribution >= 0.6 is 11.8 Å². The lowest BCUT2D eigenvalue weighted by molar-refractivity contribution is -0.122. The largest absolute Gasteiger partial charge is 0.373 e. The number of carbonyl (C=O) groups is 2. The van der Waals surface area contributed by atoms with E-state index in [4.69, 9.17) is 4.74 Å². The summed E-state index contributed by atoms with van der Waals surface area (Å²) in [5.41, 5.74) is 2.74. The van der Waals surface area contributed by atoms with Crippen molar-refractivity contribution in [2.24, 2.45) is 5.92 Å². The lowest BCUT2D eigenvalue weighted by Gasteiger charge is -2.35. The quantitative estimate of drug-likeness (QED) is 0.670. The number of benzene rings is 2. The van der Waals surface area contributed by atoms with E-state index in [2.05, 4.69) is 30.1 Å². The number of para-hydroxylation sites is 1. The van der Waals surface area contributed by atoms with E-state index in [-0.39, 0.29) is 36.4 Å². The Morgan fingerprint density at radius 2 is 1.75 bits per heavy atom. The summed E-state index contributed by atoms with van der Waals surface area (Å²) in [5.74, 6) is -0.469. The zero-order valence-corrected chi connectivity index (χ0v) is 19.7. The van der Waals surface area contributed by atoms with Crippen LogP contribution in [-0.4, -0.2) is 54.8 Å². The average molecular weight is 454 g/mol. The maximum absolute atomic E-state index is 13.1. The molecule has 3 unspecified atom stereocenters. The number of hydrogen-bond acceptors (Lipinski definition) is 5. The van der Waals surface area contributed by atoms with Gasteiger partial charge in [-0.1, -0.05) is 18.2 Å². The van der Waals surface area contributed by atoms with Crippen LogP contribution in [0.15, 0.2) is 53.4 Å². The first-order chi connectivity index (χ1) is 15.4. The van der Waals surface area contributed by atoms with E-state index in [0.717, 1.165) is 41.5 Å². The summed E-state index contributed by atoms with van der Waals surface area (Å²) in [5, 5.41) is 3.10. The first-order valence-corrected chi connectivity index (χ1v) is 12.4. The molecule has 2 aliphatic heterocycles. The molecule has 2 saturated heterocycles. The molecular weight excluding hydrogens is 422 g/mol. The summed E-state index contributed by atoms with van der Waals surface area (Å²) >= 11 is 1.66. The van der Waals surface area contributed by atoms with Crippen LogP contribution in [-0.2, 0) is 20.9 Å². The Bertz CT molecular complexity index is 955. The molecule has 0 saturated carbocycles. The van der Waals surface area contributed by atoms with Gasteiger partial charge in [-0.2, -0.15) is 0 Å². The molecule has 0 aliphatic carbocycles. The SMILES string of the molecule is CSc1ccc(N2CC(C(=O)Nc3ccccc3CN3CC(C)OC(C)C3)CC2=O)cc1. The van der Waals surface area contributed by atoms with E-state index in [1.807, 2.05) is 48.7 Å². The Morgan fingerprint density at radius 3 is 2.44 bits per heavy atom. The molecule has 6 nitrogen and oxygen atoms in total. The molecular formula is C25H31N3O3S. The Hall–Kier alpha value is -2.35. The number of rotatable bonds is 6. The lowest BCUT2D eigenvalue weighted by Crippen LogP contribution is -2.44. The van der Waals surface area contributed by atoms with Crippen molar-refractivity contribution in [1.29, 1.82) is 0 Å². The van der Waals surface area contributed by atoms with Gasteiger partial charge in [0, 0.05) is 48.9 Å². The van der Waals surface area contributed by atoms with Gasteiger partial charge in [0.25, 0.3) is 0 Å². The maximum atomic E-state index is 13.1. The molecule has 0 aromatic heterocycles.